The predicted octanol–water partition coefficient (Wildman–Crippen LogP) is -0.571. The van der Waals surface area contributed by atoms with Crippen molar-refractivity contribution in [3.05, 3.63) is 11.8 Å². The molecular formula is C9H12N6OS2. The molecule has 3 heterocycles. The van der Waals surface area contributed by atoms with Crippen molar-refractivity contribution in [1.29, 1.82) is 0 Å². The second kappa shape index (κ2) is 4.56. The summed E-state index contributed by atoms with van der Waals surface area (Å²) in [6.07, 6.45) is 1.92. The van der Waals surface area contributed by atoms with Crippen LogP contribution in [0, 0.1) is 0 Å². The summed E-state index contributed by atoms with van der Waals surface area (Å²) in [7, 11) is 1.81. The number of nitrogens with two attached hydrogens (primary N) is 1. The summed E-state index contributed by atoms with van der Waals surface area (Å²) in [5, 5.41) is 12.2. The van der Waals surface area contributed by atoms with Gasteiger partial charge in [0.05, 0.1) is 0 Å². The van der Waals surface area contributed by atoms with Gasteiger partial charge in [0.25, 0.3) is 0 Å². The second-order valence-corrected chi connectivity index (χ2v) is 6.18. The lowest BCUT2D eigenvalue weighted by Crippen LogP contribution is -2.66. The molecule has 18 heavy (non-hydrogen) atoms. The molecule has 3 rings (SSSR count). The fourth-order valence-corrected chi connectivity index (χ4v) is 3.99. The standard InChI is InChI=1S/C9H12N6OS2/c1-14-9(11-12-13-14)18-4-5-2-15-7(16)6(10)8(15)17-3-5/h2,6,8H,3-4,10H2,1H3/t6?,8-/m1/s1. The van der Waals surface area contributed by atoms with Gasteiger partial charge in [0.15, 0.2) is 0 Å². The number of β-lactam (4-membered cyclic amide) rings is 1. The van der Waals surface area contributed by atoms with E-state index in [1.807, 2.05) is 6.20 Å². The van der Waals surface area contributed by atoms with Gasteiger partial charge in [-0.2, -0.15) is 0 Å². The summed E-state index contributed by atoms with van der Waals surface area (Å²) in [4.78, 5) is 13.3. The average Bonchev–Trinajstić information content (AvgIpc) is 2.80. The third-order valence-electron chi connectivity index (χ3n) is 2.85. The zero-order valence-corrected chi connectivity index (χ0v) is 11.3. The minimum atomic E-state index is -0.330. The third kappa shape index (κ3) is 1.91. The van der Waals surface area contributed by atoms with E-state index in [0.717, 1.165) is 16.7 Å². The molecule has 2 atom stereocenters. The van der Waals surface area contributed by atoms with Crippen LogP contribution in [0.3, 0.4) is 0 Å². The summed E-state index contributed by atoms with van der Waals surface area (Å²) in [5.74, 6) is 1.70. The number of aryl methyl sites for hydroxylation is 1. The van der Waals surface area contributed by atoms with Crippen LogP contribution < -0.4 is 5.73 Å². The van der Waals surface area contributed by atoms with E-state index in [0.29, 0.717) is 0 Å². The predicted molar refractivity (Wildman–Crippen MR) is 68.7 cm³/mol. The number of thioether (sulfide) groups is 2. The third-order valence-corrected chi connectivity index (χ3v) is 5.37. The van der Waals surface area contributed by atoms with Crippen LogP contribution in [0.15, 0.2) is 16.9 Å². The summed E-state index contributed by atoms with van der Waals surface area (Å²) < 4.78 is 1.63. The lowest BCUT2D eigenvalue weighted by atomic mass is 10.1. The molecule has 2 N–H and O–H groups in total. The lowest BCUT2D eigenvalue weighted by Gasteiger charge is -2.45. The van der Waals surface area contributed by atoms with Gasteiger partial charge in [-0.25, -0.2) is 4.68 Å². The molecule has 2 aliphatic heterocycles. The van der Waals surface area contributed by atoms with E-state index in [-0.39, 0.29) is 17.3 Å². The van der Waals surface area contributed by atoms with E-state index in [9.17, 15) is 4.79 Å². The number of tetrazole rings is 1. The van der Waals surface area contributed by atoms with Gasteiger partial charge in [-0.3, -0.25) is 4.79 Å². The van der Waals surface area contributed by atoms with Crippen LogP contribution >= 0.6 is 23.5 Å². The van der Waals surface area contributed by atoms with Gasteiger partial charge in [0.2, 0.25) is 11.1 Å². The van der Waals surface area contributed by atoms with E-state index in [2.05, 4.69) is 15.5 Å². The molecule has 1 unspecified atom stereocenters. The molecule has 1 aromatic heterocycles. The molecule has 96 valence electrons. The quantitative estimate of drug-likeness (QED) is 0.587. The van der Waals surface area contributed by atoms with E-state index >= 15 is 0 Å². The van der Waals surface area contributed by atoms with Crippen LogP contribution in [0.4, 0.5) is 0 Å². The monoisotopic (exact) mass is 284 g/mol. The van der Waals surface area contributed by atoms with Crippen LogP contribution in [0.2, 0.25) is 0 Å². The first-order chi connectivity index (χ1) is 8.66. The fourth-order valence-electron chi connectivity index (χ4n) is 1.84. The first kappa shape index (κ1) is 12.0. The van der Waals surface area contributed by atoms with Gasteiger partial charge in [0.1, 0.15) is 11.4 Å². The molecule has 0 spiro atoms. The van der Waals surface area contributed by atoms with Crippen LogP contribution in [-0.4, -0.2) is 53.9 Å². The van der Waals surface area contributed by atoms with E-state index in [4.69, 9.17) is 5.73 Å². The van der Waals surface area contributed by atoms with Gasteiger partial charge in [-0.15, -0.1) is 16.9 Å². The largest absolute Gasteiger partial charge is 0.317 e. The number of hydrogen-bond donors (Lipinski definition) is 1. The molecule has 2 aliphatic rings. The second-order valence-electron chi connectivity index (χ2n) is 4.13. The zero-order chi connectivity index (χ0) is 12.7. The van der Waals surface area contributed by atoms with Crippen molar-refractivity contribution < 1.29 is 4.79 Å². The van der Waals surface area contributed by atoms with E-state index < -0.39 is 0 Å². The van der Waals surface area contributed by atoms with Crippen molar-refractivity contribution >= 4 is 29.4 Å². The Morgan fingerprint density at radius 2 is 2.50 bits per heavy atom. The Morgan fingerprint density at radius 1 is 1.67 bits per heavy atom. The minimum absolute atomic E-state index is 0.00928. The van der Waals surface area contributed by atoms with Gasteiger partial charge in [-0.05, 0) is 16.0 Å². The SMILES string of the molecule is Cn1nnnc1SCC1=CN2C(=O)C(N)[C@H]2SC1. The average molecular weight is 284 g/mol. The summed E-state index contributed by atoms with van der Waals surface area (Å²) in [6, 6.07) is -0.330. The molecule has 1 amide bonds. The van der Waals surface area contributed by atoms with Crippen molar-refractivity contribution in [2.75, 3.05) is 11.5 Å². The van der Waals surface area contributed by atoms with Crippen molar-refractivity contribution in [2.24, 2.45) is 12.8 Å². The lowest BCUT2D eigenvalue weighted by molar-refractivity contribution is -0.140. The highest BCUT2D eigenvalue weighted by molar-refractivity contribution is 8.01. The van der Waals surface area contributed by atoms with Gasteiger partial charge in [-0.1, -0.05) is 11.8 Å². The van der Waals surface area contributed by atoms with Crippen molar-refractivity contribution in [3.63, 3.8) is 0 Å². The normalized spacial score (nSPS) is 26.7. The smallest absolute Gasteiger partial charge is 0.247 e. The molecule has 0 aliphatic carbocycles. The zero-order valence-electron chi connectivity index (χ0n) is 9.68. The number of carbonyl (C=O) groups is 1. The Hall–Kier alpha value is -1.06. The van der Waals surface area contributed by atoms with Crippen LogP contribution in [-0.2, 0) is 11.8 Å². The number of rotatable bonds is 3. The molecule has 0 bridgehead atoms. The van der Waals surface area contributed by atoms with Crippen LogP contribution in [0.5, 0.6) is 0 Å². The number of hydrogen-bond acceptors (Lipinski definition) is 7. The van der Waals surface area contributed by atoms with Crippen molar-refractivity contribution in [2.45, 2.75) is 16.6 Å². The molecule has 1 saturated heterocycles. The van der Waals surface area contributed by atoms with E-state index in [1.165, 1.54) is 5.57 Å². The number of amides is 1. The van der Waals surface area contributed by atoms with E-state index in [1.54, 1.807) is 40.2 Å². The Kier molecular flexibility index (Phi) is 3.04. The molecule has 7 nitrogen and oxygen atoms in total. The van der Waals surface area contributed by atoms with Crippen LogP contribution in [0.25, 0.3) is 0 Å². The molecule has 9 heteroatoms. The fraction of sp³-hybridized carbons (Fsp3) is 0.556. The highest BCUT2D eigenvalue weighted by Crippen LogP contribution is 2.36. The number of fused-ring (bicyclic) bond motifs is 1. The Labute approximate surface area is 112 Å². The highest BCUT2D eigenvalue weighted by Gasteiger charge is 2.46. The topological polar surface area (TPSA) is 89.9 Å². The summed E-state index contributed by atoms with van der Waals surface area (Å²) in [5.41, 5.74) is 6.92. The summed E-state index contributed by atoms with van der Waals surface area (Å²) in [6.45, 7) is 0. The number of nitrogens with zero attached hydrogens (tertiary/aromatic N) is 5. The molecule has 0 radical (unpaired) electrons. The Morgan fingerprint density at radius 3 is 3.22 bits per heavy atom. The van der Waals surface area contributed by atoms with Gasteiger partial charge in [0, 0.05) is 24.8 Å². The van der Waals surface area contributed by atoms with Crippen LogP contribution in [0.1, 0.15) is 0 Å². The number of aromatic nitrogens is 4. The molecule has 1 aromatic rings. The molecule has 0 saturated carbocycles. The maximum absolute atomic E-state index is 11.5. The first-order valence-electron chi connectivity index (χ1n) is 5.41. The minimum Gasteiger partial charge on any atom is -0.317 e. The van der Waals surface area contributed by atoms with Gasteiger partial charge >= 0.3 is 0 Å². The first-order valence-corrected chi connectivity index (χ1v) is 7.44. The maximum atomic E-state index is 11.5. The highest BCUT2D eigenvalue weighted by atomic mass is 32.2. The number of carbonyl (C=O) groups excluding carboxylic acids is 1. The Balaban J connectivity index is 1.63. The van der Waals surface area contributed by atoms with Gasteiger partial charge < -0.3 is 10.6 Å². The van der Waals surface area contributed by atoms with Crippen molar-refractivity contribution in [1.82, 2.24) is 25.1 Å². The Bertz CT molecular complexity index is 515. The maximum Gasteiger partial charge on any atom is 0.247 e. The molecule has 1 fully saturated rings. The summed E-state index contributed by atoms with van der Waals surface area (Å²) >= 11 is 3.28. The van der Waals surface area contributed by atoms with Crippen molar-refractivity contribution in [3.8, 4) is 0 Å². The molecule has 0 aromatic carbocycles. The molecular weight excluding hydrogens is 272 g/mol.